The van der Waals surface area contributed by atoms with Crippen molar-refractivity contribution in [3.8, 4) is 12.5 Å². The van der Waals surface area contributed by atoms with Gasteiger partial charge in [0.15, 0.2) is 0 Å². The van der Waals surface area contributed by atoms with Gasteiger partial charge >= 0.3 is 0 Å². The molecule has 82 valence electrons. The predicted molar refractivity (Wildman–Crippen MR) is 57.0 cm³/mol. The lowest BCUT2D eigenvalue weighted by Gasteiger charge is -2.07. The van der Waals surface area contributed by atoms with E-state index < -0.39 is 0 Å². The normalized spacial score (nSPS) is 8.88. The topological polar surface area (TPSA) is 66.0 Å². The Labute approximate surface area is 94.6 Å². The molecule has 0 aliphatic heterocycles. The van der Waals surface area contributed by atoms with Crippen molar-refractivity contribution < 1.29 is 9.47 Å². The van der Waals surface area contributed by atoms with Crippen molar-refractivity contribution in [2.45, 2.75) is 12.8 Å². The zero-order valence-corrected chi connectivity index (χ0v) is 8.85. The summed E-state index contributed by atoms with van der Waals surface area (Å²) in [4.78, 5) is 0. The smallest absolute Gasteiger partial charge is 0.286 e. The van der Waals surface area contributed by atoms with Crippen LogP contribution in [-0.4, -0.2) is 13.2 Å². The van der Waals surface area contributed by atoms with Crippen LogP contribution in [0.3, 0.4) is 0 Å². The lowest BCUT2D eigenvalue weighted by atomic mass is 10.0. The summed E-state index contributed by atoms with van der Waals surface area (Å²) in [5.41, 5.74) is 2.25. The Hall–Kier alpha value is -2.20. The molecule has 4 nitrogen and oxygen atoms in total. The highest BCUT2D eigenvalue weighted by molar-refractivity contribution is 5.27. The Bertz CT molecular complexity index is 365. The number of hydrogen-bond donors (Lipinski definition) is 0. The van der Waals surface area contributed by atoms with E-state index in [0.29, 0.717) is 26.1 Å². The summed E-state index contributed by atoms with van der Waals surface area (Å²) in [7, 11) is 0. The van der Waals surface area contributed by atoms with Crippen molar-refractivity contribution >= 4 is 0 Å². The zero-order chi connectivity index (χ0) is 11.6. The Morgan fingerprint density at radius 1 is 0.875 bits per heavy atom. The van der Waals surface area contributed by atoms with Crippen LogP contribution in [0.1, 0.15) is 11.1 Å². The molecule has 0 amide bonds. The third kappa shape index (κ3) is 3.89. The van der Waals surface area contributed by atoms with Gasteiger partial charge in [-0.1, -0.05) is 24.3 Å². The van der Waals surface area contributed by atoms with Gasteiger partial charge in [-0.15, -0.1) is 0 Å². The van der Waals surface area contributed by atoms with E-state index >= 15 is 0 Å². The Kier molecular flexibility index (Phi) is 5.30. The lowest BCUT2D eigenvalue weighted by Crippen LogP contribution is -2.02. The molecule has 0 unspecified atom stereocenters. The molecule has 0 spiro atoms. The van der Waals surface area contributed by atoms with Crippen molar-refractivity contribution in [3.05, 3.63) is 35.4 Å². The van der Waals surface area contributed by atoms with E-state index in [0.717, 1.165) is 11.1 Å². The number of nitrogens with zero attached hydrogens (tertiary/aromatic N) is 2. The van der Waals surface area contributed by atoms with E-state index in [1.807, 2.05) is 24.3 Å². The Balaban J connectivity index is 2.54. The molecule has 0 fully saturated rings. The van der Waals surface area contributed by atoms with Crippen molar-refractivity contribution in [3.63, 3.8) is 0 Å². The van der Waals surface area contributed by atoms with E-state index in [1.54, 1.807) is 12.5 Å². The van der Waals surface area contributed by atoms with Gasteiger partial charge in [0.25, 0.3) is 12.5 Å². The van der Waals surface area contributed by atoms with Gasteiger partial charge in [0, 0.05) is 12.8 Å². The van der Waals surface area contributed by atoms with Crippen LogP contribution < -0.4 is 0 Å². The first-order chi connectivity index (χ1) is 7.88. The average molecular weight is 216 g/mol. The molecular weight excluding hydrogens is 204 g/mol. The second kappa shape index (κ2) is 7.14. The second-order valence-corrected chi connectivity index (χ2v) is 3.15. The standard InChI is InChI=1S/C12H12N2O2/c13-9-15-7-5-11-3-1-2-4-12(11)6-8-16-10-14/h1-4H,5-8H2. The second-order valence-electron chi connectivity index (χ2n) is 3.15. The third-order valence-corrected chi connectivity index (χ3v) is 2.19. The number of hydrogen-bond acceptors (Lipinski definition) is 4. The molecule has 1 aromatic rings. The summed E-state index contributed by atoms with van der Waals surface area (Å²) >= 11 is 0. The number of benzene rings is 1. The molecule has 0 aliphatic carbocycles. The molecule has 0 N–H and O–H groups in total. The van der Waals surface area contributed by atoms with Crippen LogP contribution in [-0.2, 0) is 22.3 Å². The minimum atomic E-state index is 0.382. The first-order valence-corrected chi connectivity index (χ1v) is 4.97. The molecule has 1 rings (SSSR count). The van der Waals surface area contributed by atoms with Gasteiger partial charge in [-0.05, 0) is 11.1 Å². The molecule has 0 radical (unpaired) electrons. The molecule has 0 aliphatic rings. The van der Waals surface area contributed by atoms with Crippen LogP contribution in [0.15, 0.2) is 24.3 Å². The number of ether oxygens (including phenoxy) is 2. The fraction of sp³-hybridized carbons (Fsp3) is 0.333. The summed E-state index contributed by atoms with van der Waals surface area (Å²) < 4.78 is 9.28. The van der Waals surface area contributed by atoms with E-state index in [-0.39, 0.29) is 0 Å². The van der Waals surface area contributed by atoms with Gasteiger partial charge < -0.3 is 9.47 Å². The SMILES string of the molecule is N#COCCc1ccccc1CCOC#N. The molecule has 0 heterocycles. The van der Waals surface area contributed by atoms with E-state index in [2.05, 4.69) is 9.47 Å². The molecule has 16 heavy (non-hydrogen) atoms. The first-order valence-electron chi connectivity index (χ1n) is 4.97. The van der Waals surface area contributed by atoms with Crippen molar-refractivity contribution in [2.75, 3.05) is 13.2 Å². The highest BCUT2D eigenvalue weighted by atomic mass is 16.5. The molecule has 0 saturated heterocycles. The van der Waals surface area contributed by atoms with Crippen molar-refractivity contribution in [1.29, 1.82) is 10.5 Å². The van der Waals surface area contributed by atoms with Gasteiger partial charge in [0.2, 0.25) is 0 Å². The van der Waals surface area contributed by atoms with Crippen LogP contribution in [0.2, 0.25) is 0 Å². The van der Waals surface area contributed by atoms with Crippen molar-refractivity contribution in [1.82, 2.24) is 0 Å². The fourth-order valence-corrected chi connectivity index (χ4v) is 1.46. The minimum absolute atomic E-state index is 0.382. The van der Waals surface area contributed by atoms with E-state index in [9.17, 15) is 0 Å². The molecule has 0 bridgehead atoms. The Morgan fingerprint density at radius 3 is 1.69 bits per heavy atom. The molecular formula is C12H12N2O2. The fourth-order valence-electron chi connectivity index (χ4n) is 1.46. The lowest BCUT2D eigenvalue weighted by molar-refractivity contribution is 0.269. The van der Waals surface area contributed by atoms with Crippen LogP contribution in [0.25, 0.3) is 0 Å². The summed E-state index contributed by atoms with van der Waals surface area (Å²) in [5.74, 6) is 0. The highest BCUT2D eigenvalue weighted by Crippen LogP contribution is 2.10. The maximum Gasteiger partial charge on any atom is 0.286 e. The number of nitriles is 2. The largest absolute Gasteiger partial charge is 0.427 e. The molecule has 1 aromatic carbocycles. The molecule has 4 heteroatoms. The molecule has 0 saturated carbocycles. The van der Waals surface area contributed by atoms with Crippen LogP contribution >= 0.6 is 0 Å². The molecule has 0 atom stereocenters. The van der Waals surface area contributed by atoms with Gasteiger partial charge in [0.05, 0.1) is 0 Å². The zero-order valence-electron chi connectivity index (χ0n) is 8.85. The van der Waals surface area contributed by atoms with Gasteiger partial charge in [-0.3, -0.25) is 0 Å². The Morgan fingerprint density at radius 2 is 1.31 bits per heavy atom. The maximum absolute atomic E-state index is 8.26. The minimum Gasteiger partial charge on any atom is -0.427 e. The van der Waals surface area contributed by atoms with Gasteiger partial charge in [-0.25, -0.2) is 0 Å². The average Bonchev–Trinajstić information content (AvgIpc) is 2.32. The van der Waals surface area contributed by atoms with Crippen LogP contribution in [0.4, 0.5) is 0 Å². The summed E-state index contributed by atoms with van der Waals surface area (Å²) in [5, 5.41) is 16.5. The summed E-state index contributed by atoms with van der Waals surface area (Å²) in [6, 6.07) is 7.86. The van der Waals surface area contributed by atoms with Crippen LogP contribution in [0.5, 0.6) is 0 Å². The van der Waals surface area contributed by atoms with Crippen LogP contribution in [0, 0.1) is 23.0 Å². The quantitative estimate of drug-likeness (QED) is 0.537. The third-order valence-electron chi connectivity index (χ3n) is 2.19. The van der Waals surface area contributed by atoms with Crippen molar-refractivity contribution in [2.24, 2.45) is 0 Å². The van der Waals surface area contributed by atoms with E-state index in [4.69, 9.17) is 10.5 Å². The first kappa shape index (κ1) is 11.9. The predicted octanol–water partition coefficient (Wildman–Crippen LogP) is 1.77. The van der Waals surface area contributed by atoms with Gasteiger partial charge in [0.1, 0.15) is 13.2 Å². The summed E-state index contributed by atoms with van der Waals surface area (Å²) in [6.07, 6.45) is 4.67. The monoisotopic (exact) mass is 216 g/mol. The van der Waals surface area contributed by atoms with Gasteiger partial charge in [-0.2, -0.15) is 10.5 Å². The summed E-state index contributed by atoms with van der Waals surface area (Å²) in [6.45, 7) is 0.763. The number of rotatable bonds is 6. The van der Waals surface area contributed by atoms with E-state index in [1.165, 1.54) is 0 Å². The maximum atomic E-state index is 8.26. The molecule has 0 aromatic heterocycles. The highest BCUT2D eigenvalue weighted by Gasteiger charge is 2.02.